The predicted molar refractivity (Wildman–Crippen MR) is 79.5 cm³/mol. The number of nitrogens with one attached hydrogen (secondary N) is 1. The monoisotopic (exact) mass is 277 g/mol. The molecule has 1 N–H and O–H groups in total. The maximum Gasteiger partial charge on any atom is 0.147 e. The summed E-state index contributed by atoms with van der Waals surface area (Å²) in [5.74, 6) is 2.37. The molecule has 1 aromatic heterocycles. The van der Waals surface area contributed by atoms with Crippen LogP contribution in [-0.2, 0) is 19.5 Å². The highest BCUT2D eigenvalue weighted by molar-refractivity contribution is 5.00. The van der Waals surface area contributed by atoms with Gasteiger partial charge in [0.25, 0.3) is 0 Å². The molecule has 112 valence electrons. The molecule has 3 heterocycles. The van der Waals surface area contributed by atoms with E-state index < -0.39 is 0 Å². The topological polar surface area (TPSA) is 46.0 Å². The van der Waals surface area contributed by atoms with Crippen molar-refractivity contribution in [2.75, 3.05) is 13.6 Å². The van der Waals surface area contributed by atoms with Crippen LogP contribution in [0.1, 0.15) is 50.7 Å². The van der Waals surface area contributed by atoms with Crippen LogP contribution in [0.4, 0.5) is 0 Å². The van der Waals surface area contributed by atoms with Gasteiger partial charge in [0.15, 0.2) is 0 Å². The molecule has 5 heteroatoms. The summed E-state index contributed by atoms with van der Waals surface area (Å²) in [6.07, 6.45) is 7.60. The van der Waals surface area contributed by atoms with Crippen molar-refractivity contribution in [1.29, 1.82) is 0 Å². The molecular weight excluding hydrogens is 250 g/mol. The van der Waals surface area contributed by atoms with Crippen molar-refractivity contribution < 1.29 is 0 Å². The molecule has 0 radical (unpaired) electrons. The van der Waals surface area contributed by atoms with Gasteiger partial charge in [-0.1, -0.05) is 6.42 Å². The Morgan fingerprint density at radius 2 is 2.05 bits per heavy atom. The van der Waals surface area contributed by atoms with Gasteiger partial charge in [0.2, 0.25) is 0 Å². The summed E-state index contributed by atoms with van der Waals surface area (Å²) in [6, 6.07) is 1.17. The normalized spacial score (nSPS) is 25.4. The highest BCUT2D eigenvalue weighted by Crippen LogP contribution is 2.23. The second-order valence-corrected chi connectivity index (χ2v) is 6.25. The van der Waals surface area contributed by atoms with Gasteiger partial charge in [-0.25, -0.2) is 0 Å². The van der Waals surface area contributed by atoms with Gasteiger partial charge >= 0.3 is 0 Å². The molecule has 0 aliphatic carbocycles. The number of likely N-dealkylation sites (tertiary alicyclic amines) is 1. The minimum Gasteiger partial charge on any atom is -0.316 e. The Kier molecular flexibility index (Phi) is 4.36. The van der Waals surface area contributed by atoms with E-state index in [0.717, 1.165) is 19.5 Å². The number of nitrogens with zero attached hydrogens (tertiary/aromatic N) is 4. The molecule has 0 spiro atoms. The predicted octanol–water partition coefficient (Wildman–Crippen LogP) is 1.58. The molecule has 3 rings (SSSR count). The van der Waals surface area contributed by atoms with Gasteiger partial charge < -0.3 is 9.88 Å². The standard InChI is InChI=1S/C15H27N5/c1-12(16-2)13-7-3-5-9-19(13)11-15-18-17-14-8-4-6-10-20(14)15/h12-13,16H,3-11H2,1-2H3. The first-order valence-electron chi connectivity index (χ1n) is 8.12. The van der Waals surface area contributed by atoms with Gasteiger partial charge in [-0.05, 0) is 46.2 Å². The van der Waals surface area contributed by atoms with Crippen LogP contribution < -0.4 is 5.32 Å². The van der Waals surface area contributed by atoms with Crippen LogP contribution >= 0.6 is 0 Å². The summed E-state index contributed by atoms with van der Waals surface area (Å²) in [4.78, 5) is 2.61. The van der Waals surface area contributed by atoms with E-state index in [2.05, 4.69) is 39.0 Å². The van der Waals surface area contributed by atoms with Gasteiger partial charge in [0, 0.05) is 25.0 Å². The van der Waals surface area contributed by atoms with Crippen molar-refractivity contribution in [1.82, 2.24) is 25.0 Å². The fourth-order valence-corrected chi connectivity index (χ4v) is 3.64. The molecule has 1 aromatic rings. The molecule has 5 nitrogen and oxygen atoms in total. The molecule has 2 aliphatic rings. The fourth-order valence-electron chi connectivity index (χ4n) is 3.64. The lowest BCUT2D eigenvalue weighted by Gasteiger charge is -2.39. The summed E-state index contributed by atoms with van der Waals surface area (Å²) >= 11 is 0. The van der Waals surface area contributed by atoms with Gasteiger partial charge in [-0.3, -0.25) is 4.90 Å². The highest BCUT2D eigenvalue weighted by Gasteiger charge is 2.28. The maximum absolute atomic E-state index is 4.46. The van der Waals surface area contributed by atoms with Crippen LogP contribution in [0.5, 0.6) is 0 Å². The van der Waals surface area contributed by atoms with Crippen molar-refractivity contribution in [3.8, 4) is 0 Å². The molecule has 20 heavy (non-hydrogen) atoms. The second-order valence-electron chi connectivity index (χ2n) is 6.25. The first kappa shape index (κ1) is 14.0. The summed E-state index contributed by atoms with van der Waals surface area (Å²) in [7, 11) is 2.07. The quantitative estimate of drug-likeness (QED) is 0.907. The Labute approximate surface area is 121 Å². The van der Waals surface area contributed by atoms with E-state index in [1.165, 1.54) is 50.3 Å². The number of piperidine rings is 1. The fraction of sp³-hybridized carbons (Fsp3) is 0.867. The lowest BCUT2D eigenvalue weighted by molar-refractivity contribution is 0.109. The molecule has 0 saturated carbocycles. The molecule has 0 aromatic carbocycles. The Hall–Kier alpha value is -0.940. The van der Waals surface area contributed by atoms with Gasteiger partial charge in [0.1, 0.15) is 11.6 Å². The molecule has 2 unspecified atom stereocenters. The van der Waals surface area contributed by atoms with Crippen LogP contribution in [0.3, 0.4) is 0 Å². The van der Waals surface area contributed by atoms with Crippen molar-refractivity contribution >= 4 is 0 Å². The lowest BCUT2D eigenvalue weighted by Crippen LogP contribution is -2.50. The Morgan fingerprint density at radius 1 is 1.20 bits per heavy atom. The van der Waals surface area contributed by atoms with Crippen LogP contribution in [0.2, 0.25) is 0 Å². The van der Waals surface area contributed by atoms with Crippen LogP contribution in [0, 0.1) is 0 Å². The zero-order valence-electron chi connectivity index (χ0n) is 12.8. The minimum absolute atomic E-state index is 0.541. The summed E-state index contributed by atoms with van der Waals surface area (Å²) in [5.41, 5.74) is 0. The van der Waals surface area contributed by atoms with E-state index >= 15 is 0 Å². The van der Waals surface area contributed by atoms with Crippen molar-refractivity contribution in [3.05, 3.63) is 11.6 Å². The molecule has 0 bridgehead atoms. The second kappa shape index (κ2) is 6.22. The molecule has 1 fully saturated rings. The zero-order chi connectivity index (χ0) is 13.9. The summed E-state index contributed by atoms with van der Waals surface area (Å²) in [5, 5.41) is 12.3. The minimum atomic E-state index is 0.541. The highest BCUT2D eigenvalue weighted by atomic mass is 15.3. The van der Waals surface area contributed by atoms with E-state index in [4.69, 9.17) is 0 Å². The molecule has 1 saturated heterocycles. The van der Waals surface area contributed by atoms with Crippen LogP contribution in [-0.4, -0.2) is 45.3 Å². The van der Waals surface area contributed by atoms with Gasteiger partial charge in [-0.15, -0.1) is 10.2 Å². The van der Waals surface area contributed by atoms with E-state index in [0.29, 0.717) is 12.1 Å². The number of likely N-dealkylation sites (N-methyl/N-ethyl adjacent to an activating group) is 1. The molecule has 0 amide bonds. The third-order valence-corrected chi connectivity index (χ3v) is 4.98. The van der Waals surface area contributed by atoms with Crippen molar-refractivity contribution in [2.45, 2.75) is 70.6 Å². The van der Waals surface area contributed by atoms with Crippen molar-refractivity contribution in [3.63, 3.8) is 0 Å². The van der Waals surface area contributed by atoms with Crippen LogP contribution in [0.15, 0.2) is 0 Å². The van der Waals surface area contributed by atoms with E-state index in [1.807, 2.05) is 0 Å². The third kappa shape index (κ3) is 2.74. The first-order valence-corrected chi connectivity index (χ1v) is 8.12. The van der Waals surface area contributed by atoms with E-state index in [-0.39, 0.29) is 0 Å². The zero-order valence-corrected chi connectivity index (χ0v) is 12.8. The number of aromatic nitrogens is 3. The van der Waals surface area contributed by atoms with Crippen molar-refractivity contribution in [2.24, 2.45) is 0 Å². The Morgan fingerprint density at radius 3 is 2.90 bits per heavy atom. The maximum atomic E-state index is 4.46. The number of fused-ring (bicyclic) bond motifs is 1. The third-order valence-electron chi connectivity index (χ3n) is 4.98. The molecular formula is C15H27N5. The van der Waals surface area contributed by atoms with E-state index in [1.54, 1.807) is 0 Å². The van der Waals surface area contributed by atoms with Gasteiger partial charge in [0.05, 0.1) is 6.54 Å². The summed E-state index contributed by atoms with van der Waals surface area (Å²) < 4.78 is 2.36. The molecule has 2 aliphatic heterocycles. The Balaban J connectivity index is 1.73. The largest absolute Gasteiger partial charge is 0.316 e. The number of aryl methyl sites for hydroxylation is 1. The first-order chi connectivity index (χ1) is 9.79. The van der Waals surface area contributed by atoms with Gasteiger partial charge in [-0.2, -0.15) is 0 Å². The average Bonchev–Trinajstić information content (AvgIpc) is 2.90. The SMILES string of the molecule is CNC(C)C1CCCCN1Cc1nnc2n1CCCC2. The number of hydrogen-bond acceptors (Lipinski definition) is 4. The smallest absolute Gasteiger partial charge is 0.147 e. The molecule has 2 atom stereocenters. The number of hydrogen-bond donors (Lipinski definition) is 1. The Bertz CT molecular complexity index is 441. The average molecular weight is 277 g/mol. The van der Waals surface area contributed by atoms with E-state index in [9.17, 15) is 0 Å². The number of rotatable bonds is 4. The lowest BCUT2D eigenvalue weighted by atomic mass is 9.96. The van der Waals surface area contributed by atoms with Crippen LogP contribution in [0.25, 0.3) is 0 Å². The summed E-state index contributed by atoms with van der Waals surface area (Å²) in [6.45, 7) is 5.56.